The number of hydrogen-bond acceptors (Lipinski definition) is 7. The molecule has 0 spiro atoms. The highest BCUT2D eigenvalue weighted by molar-refractivity contribution is 5.98. The van der Waals surface area contributed by atoms with Crippen molar-refractivity contribution in [3.8, 4) is 0 Å². The number of carbonyl (C=O) groups is 2. The zero-order valence-corrected chi connectivity index (χ0v) is 32.1. The first-order valence-corrected chi connectivity index (χ1v) is 19.3. The number of aliphatic imine (C=N–C) groups is 1. The Morgan fingerprint density at radius 2 is 1.80 bits per heavy atom. The smallest absolute Gasteiger partial charge is 0.261 e. The molecule has 2 bridgehead atoms. The standard InChI is InChI=1S/C41H48F4N8O2/c1-20(2)52-19-47-30-17-28(48-36(34(30)52)49-29-16-27(22(4)32(42)33(29)43)37(54)50-41(10-11-41)38(44)45)21(3)12-31-35(46-7)40(5,6)39(55)53(31)26-14-25(15-26)51-18-23-8-9-24(51)13-23/h12,16-17,19-20,23-26,38H,7-11,13-15,18H2,1-6H3,(H,48,49)(H,50,54)/b21-12+/t23-,24+,25?,26?/m0/s1. The number of anilines is 2. The number of pyridine rings is 1. The second-order valence-corrected chi connectivity index (χ2v) is 17.1. The molecule has 3 aromatic rings. The lowest BCUT2D eigenvalue weighted by Crippen LogP contribution is -2.56. The molecule has 8 rings (SSSR count). The number of fused-ring (bicyclic) bond motifs is 3. The summed E-state index contributed by atoms with van der Waals surface area (Å²) in [6, 6.07) is 3.96. The maximum Gasteiger partial charge on any atom is 0.261 e. The second kappa shape index (κ2) is 13.3. The molecule has 55 heavy (non-hydrogen) atoms. The zero-order valence-electron chi connectivity index (χ0n) is 32.1. The molecular weight excluding hydrogens is 712 g/mol. The van der Waals surface area contributed by atoms with Gasteiger partial charge in [-0.1, -0.05) is 0 Å². The van der Waals surface area contributed by atoms with Crippen molar-refractivity contribution >= 4 is 46.6 Å². The van der Waals surface area contributed by atoms with Crippen LogP contribution in [0.2, 0.25) is 0 Å². The Morgan fingerprint density at radius 3 is 2.40 bits per heavy atom. The van der Waals surface area contributed by atoms with Crippen LogP contribution >= 0.6 is 0 Å². The lowest BCUT2D eigenvalue weighted by molar-refractivity contribution is -0.138. The number of alkyl halides is 2. The number of aromatic nitrogens is 3. The van der Waals surface area contributed by atoms with E-state index >= 15 is 8.78 Å². The Bertz CT molecular complexity index is 2180. The van der Waals surface area contributed by atoms with E-state index in [9.17, 15) is 18.4 Å². The highest BCUT2D eigenvalue weighted by atomic mass is 19.3. The molecule has 14 heteroatoms. The number of hydrogen-bond donors (Lipinski definition) is 2. The third-order valence-corrected chi connectivity index (χ3v) is 12.8. The molecule has 2 aliphatic heterocycles. The highest BCUT2D eigenvalue weighted by Gasteiger charge is 2.54. The normalized spacial score (nSPS) is 25.8. The van der Waals surface area contributed by atoms with Crippen LogP contribution in [-0.2, 0) is 4.79 Å². The molecule has 5 aliphatic rings. The number of carbonyl (C=O) groups excluding carboxylic acids is 2. The van der Waals surface area contributed by atoms with E-state index < -0.39 is 34.9 Å². The van der Waals surface area contributed by atoms with Crippen LogP contribution < -0.4 is 10.6 Å². The van der Waals surface area contributed by atoms with Crippen LogP contribution in [-0.4, -0.2) is 79.5 Å². The number of allylic oxidation sites excluding steroid dienone is 2. The zero-order chi connectivity index (χ0) is 39.3. The molecule has 3 aliphatic carbocycles. The summed E-state index contributed by atoms with van der Waals surface area (Å²) in [7, 11) is 0. The quantitative estimate of drug-likeness (QED) is 0.151. The van der Waals surface area contributed by atoms with Crippen LogP contribution in [0.4, 0.5) is 29.1 Å². The Labute approximate surface area is 318 Å². The predicted molar refractivity (Wildman–Crippen MR) is 203 cm³/mol. The number of likely N-dealkylation sites (tertiary alicyclic amines) is 1. The minimum absolute atomic E-state index is 0.0184. The number of imidazole rings is 1. The first-order valence-electron chi connectivity index (χ1n) is 19.3. The van der Waals surface area contributed by atoms with Gasteiger partial charge in [-0.15, -0.1) is 0 Å². The fourth-order valence-corrected chi connectivity index (χ4v) is 9.19. The third-order valence-electron chi connectivity index (χ3n) is 12.8. The summed E-state index contributed by atoms with van der Waals surface area (Å²) in [4.78, 5) is 45.7. The van der Waals surface area contributed by atoms with E-state index in [0.29, 0.717) is 45.8 Å². The van der Waals surface area contributed by atoms with Crippen molar-refractivity contribution in [2.45, 2.75) is 123 Å². The van der Waals surface area contributed by atoms with Crippen LogP contribution in [0.1, 0.15) is 107 Å². The molecule has 3 saturated carbocycles. The van der Waals surface area contributed by atoms with Crippen LogP contribution in [0.5, 0.6) is 0 Å². The van der Waals surface area contributed by atoms with Gasteiger partial charge < -0.3 is 20.1 Å². The van der Waals surface area contributed by atoms with Crippen molar-refractivity contribution < 1.29 is 27.2 Å². The lowest BCUT2D eigenvalue weighted by atomic mass is 9.82. The van der Waals surface area contributed by atoms with Crippen molar-refractivity contribution in [3.63, 3.8) is 0 Å². The van der Waals surface area contributed by atoms with Gasteiger partial charge in [0.1, 0.15) is 11.1 Å². The summed E-state index contributed by atoms with van der Waals surface area (Å²) in [5, 5.41) is 5.27. The fourth-order valence-electron chi connectivity index (χ4n) is 9.19. The second-order valence-electron chi connectivity index (χ2n) is 17.1. The van der Waals surface area contributed by atoms with Gasteiger partial charge >= 0.3 is 0 Å². The number of amides is 2. The summed E-state index contributed by atoms with van der Waals surface area (Å²) in [5.41, 5.74) is -0.128. The Balaban J connectivity index is 1.15. The molecular formula is C41H48F4N8O2. The summed E-state index contributed by atoms with van der Waals surface area (Å²) in [5.74, 6) is -2.54. The summed E-state index contributed by atoms with van der Waals surface area (Å²) in [6.45, 7) is 15.7. The molecule has 2 aromatic heterocycles. The van der Waals surface area contributed by atoms with Crippen LogP contribution in [0.15, 0.2) is 40.9 Å². The largest absolute Gasteiger partial charge is 0.341 e. The fraction of sp³-hybridized carbons (Fsp3) is 0.537. The van der Waals surface area contributed by atoms with Gasteiger partial charge in [-0.3, -0.25) is 19.5 Å². The van der Waals surface area contributed by atoms with Crippen LogP contribution in [0.25, 0.3) is 16.6 Å². The molecule has 4 fully saturated rings. The Morgan fingerprint density at radius 1 is 1.07 bits per heavy atom. The molecule has 2 amide bonds. The minimum Gasteiger partial charge on any atom is -0.341 e. The van der Waals surface area contributed by atoms with Crippen molar-refractivity contribution in [1.29, 1.82) is 0 Å². The molecule has 2 atom stereocenters. The monoisotopic (exact) mass is 760 g/mol. The SMILES string of the molecule is C=NC1=C(/C=C(\C)c2cc3ncn(C(C)C)c3c(Nc3cc(C(=O)NC4(C(F)F)CC4)c(C)c(F)c3F)n2)N(C2CC(N3C[C@H]4CC[C@@H]3C4)C2)C(=O)C1(C)C. The molecule has 292 valence electrons. The van der Waals surface area contributed by atoms with E-state index in [4.69, 9.17) is 4.98 Å². The predicted octanol–water partition coefficient (Wildman–Crippen LogP) is 8.07. The number of piperidine rings is 1. The summed E-state index contributed by atoms with van der Waals surface area (Å²) < 4.78 is 60.3. The molecule has 1 saturated heterocycles. The highest BCUT2D eigenvalue weighted by Crippen LogP contribution is 2.49. The van der Waals surface area contributed by atoms with E-state index in [-0.39, 0.29) is 53.5 Å². The van der Waals surface area contributed by atoms with Gasteiger partial charge in [-0.25, -0.2) is 27.5 Å². The minimum atomic E-state index is -2.79. The van der Waals surface area contributed by atoms with Gasteiger partial charge in [0.25, 0.3) is 12.3 Å². The summed E-state index contributed by atoms with van der Waals surface area (Å²) >= 11 is 0. The van der Waals surface area contributed by atoms with Crippen molar-refractivity contribution in [2.24, 2.45) is 16.3 Å². The van der Waals surface area contributed by atoms with Crippen molar-refractivity contribution in [2.75, 3.05) is 11.9 Å². The number of benzene rings is 1. The van der Waals surface area contributed by atoms with E-state index in [0.717, 1.165) is 31.4 Å². The van der Waals surface area contributed by atoms with E-state index in [1.54, 1.807) is 12.4 Å². The first kappa shape index (κ1) is 37.3. The van der Waals surface area contributed by atoms with Crippen molar-refractivity contribution in [1.82, 2.24) is 29.7 Å². The van der Waals surface area contributed by atoms with Gasteiger partial charge in [-0.05, 0) is 123 Å². The van der Waals surface area contributed by atoms with Gasteiger partial charge in [0.15, 0.2) is 17.5 Å². The first-order chi connectivity index (χ1) is 26.0. The third kappa shape index (κ3) is 6.06. The lowest BCUT2D eigenvalue weighted by Gasteiger charge is -2.48. The number of halogens is 4. The van der Waals surface area contributed by atoms with Gasteiger partial charge in [0.2, 0.25) is 5.91 Å². The average molecular weight is 761 g/mol. The molecule has 4 heterocycles. The van der Waals surface area contributed by atoms with Crippen LogP contribution in [0.3, 0.4) is 0 Å². The number of rotatable bonds is 11. The van der Waals surface area contributed by atoms with Crippen LogP contribution in [0, 0.1) is 29.9 Å². The maximum atomic E-state index is 15.7. The summed E-state index contributed by atoms with van der Waals surface area (Å²) in [6.07, 6.45) is 6.55. The van der Waals surface area contributed by atoms with Crippen molar-refractivity contribution in [3.05, 3.63) is 64.4 Å². The number of nitrogens with one attached hydrogen (secondary N) is 2. The molecule has 1 aromatic carbocycles. The Hall–Kier alpha value is -4.59. The molecule has 10 nitrogen and oxygen atoms in total. The molecule has 0 radical (unpaired) electrons. The molecule has 2 N–H and O–H groups in total. The van der Waals surface area contributed by atoms with E-state index in [2.05, 4.69) is 32.2 Å². The number of nitrogens with zero attached hydrogens (tertiary/aromatic N) is 6. The molecule has 0 unspecified atom stereocenters. The average Bonchev–Trinajstić information content (AvgIpc) is 3.39. The van der Waals surface area contributed by atoms with E-state index in [1.807, 2.05) is 50.2 Å². The maximum absolute atomic E-state index is 15.7. The topological polar surface area (TPSA) is 108 Å². The van der Waals surface area contributed by atoms with Gasteiger partial charge in [-0.2, -0.15) is 0 Å². The van der Waals surface area contributed by atoms with E-state index in [1.165, 1.54) is 26.2 Å². The Kier molecular flexibility index (Phi) is 9.01. The van der Waals surface area contributed by atoms with Gasteiger partial charge in [0, 0.05) is 41.8 Å². The van der Waals surface area contributed by atoms with Gasteiger partial charge in [0.05, 0.1) is 40.0 Å².